The monoisotopic (exact) mass is 413 g/mol. The molecule has 0 spiro atoms. The standard InChI is InChI=1S/C21H23N3O4S/c1-26-16-4-3-5-17(27-2)19(16)20(25)23-21-22-15-7-6-14(12-18(15)29-21)13-24-8-10-28-11-9-24/h3-7,12H,8-11,13H2,1-2H3,(H,22,23,25). The number of hydrogen-bond donors (Lipinski definition) is 1. The highest BCUT2D eigenvalue weighted by atomic mass is 32.1. The third-order valence-corrected chi connectivity index (χ3v) is 5.77. The maximum atomic E-state index is 12.9. The molecule has 4 rings (SSSR count). The number of nitrogens with one attached hydrogen (secondary N) is 1. The summed E-state index contributed by atoms with van der Waals surface area (Å²) in [4.78, 5) is 19.8. The molecule has 0 saturated carbocycles. The molecule has 7 nitrogen and oxygen atoms in total. The van der Waals surface area contributed by atoms with Crippen molar-refractivity contribution in [2.45, 2.75) is 6.54 Å². The Hall–Kier alpha value is -2.68. The first-order chi connectivity index (χ1) is 14.2. The van der Waals surface area contributed by atoms with E-state index in [0.717, 1.165) is 43.1 Å². The van der Waals surface area contributed by atoms with E-state index < -0.39 is 0 Å². The topological polar surface area (TPSA) is 72.9 Å². The highest BCUT2D eigenvalue weighted by Gasteiger charge is 2.20. The predicted molar refractivity (Wildman–Crippen MR) is 113 cm³/mol. The van der Waals surface area contributed by atoms with Crippen molar-refractivity contribution in [3.05, 3.63) is 47.5 Å². The van der Waals surface area contributed by atoms with E-state index in [1.807, 2.05) is 6.07 Å². The van der Waals surface area contributed by atoms with Gasteiger partial charge in [0.05, 0.1) is 37.6 Å². The molecule has 1 fully saturated rings. The SMILES string of the molecule is COc1cccc(OC)c1C(=O)Nc1nc2ccc(CN3CCOCC3)cc2s1. The van der Waals surface area contributed by atoms with Crippen LogP contribution in [0.15, 0.2) is 36.4 Å². The molecule has 8 heteroatoms. The molecule has 1 aromatic heterocycles. The van der Waals surface area contributed by atoms with Crippen LogP contribution in [0.25, 0.3) is 10.2 Å². The van der Waals surface area contributed by atoms with Gasteiger partial charge in [0.2, 0.25) is 0 Å². The lowest BCUT2D eigenvalue weighted by molar-refractivity contribution is 0.0342. The number of benzene rings is 2. The number of hydrogen-bond acceptors (Lipinski definition) is 7. The second-order valence-electron chi connectivity index (χ2n) is 6.70. The quantitative estimate of drug-likeness (QED) is 0.668. The van der Waals surface area contributed by atoms with Crippen molar-refractivity contribution in [1.29, 1.82) is 0 Å². The molecule has 2 aromatic carbocycles. The first-order valence-corrected chi connectivity index (χ1v) is 10.2. The van der Waals surface area contributed by atoms with Gasteiger partial charge in [0, 0.05) is 19.6 Å². The van der Waals surface area contributed by atoms with Crippen LogP contribution in [0.1, 0.15) is 15.9 Å². The number of anilines is 1. The van der Waals surface area contributed by atoms with E-state index in [9.17, 15) is 4.79 Å². The zero-order valence-corrected chi connectivity index (χ0v) is 17.3. The van der Waals surface area contributed by atoms with Crippen molar-refractivity contribution >= 4 is 32.6 Å². The largest absolute Gasteiger partial charge is 0.496 e. The molecule has 2 heterocycles. The Bertz CT molecular complexity index is 992. The molecule has 0 aliphatic carbocycles. The first-order valence-electron chi connectivity index (χ1n) is 9.40. The average molecular weight is 413 g/mol. The van der Waals surface area contributed by atoms with Gasteiger partial charge in [-0.2, -0.15) is 0 Å². The minimum absolute atomic E-state index is 0.313. The summed E-state index contributed by atoms with van der Waals surface area (Å²) in [5.74, 6) is 0.596. The summed E-state index contributed by atoms with van der Waals surface area (Å²) in [7, 11) is 3.05. The summed E-state index contributed by atoms with van der Waals surface area (Å²) in [6.07, 6.45) is 0. The Morgan fingerprint density at radius 1 is 1.17 bits per heavy atom. The zero-order valence-electron chi connectivity index (χ0n) is 16.4. The summed E-state index contributed by atoms with van der Waals surface area (Å²) >= 11 is 1.46. The molecule has 1 aliphatic heterocycles. The Morgan fingerprint density at radius 3 is 2.59 bits per heavy atom. The molecule has 0 atom stereocenters. The molecular formula is C21H23N3O4S. The van der Waals surface area contributed by atoms with Crippen molar-refractivity contribution in [2.24, 2.45) is 0 Å². The Kier molecular flexibility index (Phi) is 5.94. The van der Waals surface area contributed by atoms with Gasteiger partial charge in [-0.3, -0.25) is 15.0 Å². The van der Waals surface area contributed by atoms with Crippen LogP contribution < -0.4 is 14.8 Å². The fourth-order valence-electron chi connectivity index (χ4n) is 3.37. The van der Waals surface area contributed by atoms with Gasteiger partial charge in [-0.25, -0.2) is 4.98 Å². The van der Waals surface area contributed by atoms with Gasteiger partial charge in [0.15, 0.2) is 5.13 Å². The van der Waals surface area contributed by atoms with Gasteiger partial charge in [-0.05, 0) is 29.8 Å². The number of methoxy groups -OCH3 is 2. The lowest BCUT2D eigenvalue weighted by Crippen LogP contribution is -2.35. The molecule has 1 saturated heterocycles. The number of thiazole rings is 1. The maximum absolute atomic E-state index is 12.9. The minimum Gasteiger partial charge on any atom is -0.496 e. The van der Waals surface area contributed by atoms with Gasteiger partial charge in [0.1, 0.15) is 17.1 Å². The van der Waals surface area contributed by atoms with E-state index in [4.69, 9.17) is 14.2 Å². The average Bonchev–Trinajstić information content (AvgIpc) is 3.15. The molecule has 1 aliphatic rings. The Balaban J connectivity index is 1.53. The van der Waals surface area contributed by atoms with E-state index in [2.05, 4.69) is 27.3 Å². The number of nitrogens with zero attached hydrogens (tertiary/aromatic N) is 2. The smallest absolute Gasteiger partial charge is 0.265 e. The number of amides is 1. The summed E-state index contributed by atoms with van der Waals surface area (Å²) in [6.45, 7) is 4.35. The van der Waals surface area contributed by atoms with E-state index in [1.54, 1.807) is 18.2 Å². The highest BCUT2D eigenvalue weighted by Crippen LogP contribution is 2.31. The van der Waals surface area contributed by atoms with Crippen LogP contribution in [-0.4, -0.2) is 56.3 Å². The molecule has 3 aromatic rings. The van der Waals surface area contributed by atoms with E-state index in [0.29, 0.717) is 22.2 Å². The fourth-order valence-corrected chi connectivity index (χ4v) is 4.30. The van der Waals surface area contributed by atoms with Gasteiger partial charge < -0.3 is 14.2 Å². The second kappa shape index (κ2) is 8.77. The van der Waals surface area contributed by atoms with Crippen LogP contribution in [0.3, 0.4) is 0 Å². The molecule has 29 heavy (non-hydrogen) atoms. The highest BCUT2D eigenvalue weighted by molar-refractivity contribution is 7.22. The van der Waals surface area contributed by atoms with Crippen molar-refractivity contribution in [3.8, 4) is 11.5 Å². The lowest BCUT2D eigenvalue weighted by Gasteiger charge is -2.26. The number of ether oxygens (including phenoxy) is 3. The molecule has 0 bridgehead atoms. The zero-order chi connectivity index (χ0) is 20.2. The molecular weight excluding hydrogens is 390 g/mol. The first kappa shape index (κ1) is 19.6. The van der Waals surface area contributed by atoms with E-state index in [-0.39, 0.29) is 5.91 Å². The third kappa shape index (κ3) is 4.34. The van der Waals surface area contributed by atoms with Crippen molar-refractivity contribution < 1.29 is 19.0 Å². The third-order valence-electron chi connectivity index (χ3n) is 4.84. The number of aromatic nitrogens is 1. The number of fused-ring (bicyclic) bond motifs is 1. The van der Waals surface area contributed by atoms with Gasteiger partial charge in [-0.15, -0.1) is 0 Å². The molecule has 1 amide bonds. The fraction of sp³-hybridized carbons (Fsp3) is 0.333. The normalized spacial score (nSPS) is 14.7. The summed E-state index contributed by atoms with van der Waals surface area (Å²) in [5.41, 5.74) is 2.44. The van der Waals surface area contributed by atoms with Crippen molar-refractivity contribution in [2.75, 3.05) is 45.8 Å². The van der Waals surface area contributed by atoms with Gasteiger partial charge in [0.25, 0.3) is 5.91 Å². The van der Waals surface area contributed by atoms with Crippen LogP contribution in [-0.2, 0) is 11.3 Å². The van der Waals surface area contributed by atoms with E-state index in [1.165, 1.54) is 31.1 Å². The second-order valence-corrected chi connectivity index (χ2v) is 7.73. The predicted octanol–water partition coefficient (Wildman–Crippen LogP) is 3.40. The summed E-state index contributed by atoms with van der Waals surface area (Å²) < 4.78 is 17.1. The molecule has 0 unspecified atom stereocenters. The molecule has 1 N–H and O–H groups in total. The van der Waals surface area contributed by atoms with E-state index >= 15 is 0 Å². The molecule has 152 valence electrons. The molecule has 0 radical (unpaired) electrons. The minimum atomic E-state index is -0.313. The van der Waals surface area contributed by atoms with Gasteiger partial charge >= 0.3 is 0 Å². The Labute approximate surface area is 173 Å². The Morgan fingerprint density at radius 2 is 1.90 bits per heavy atom. The van der Waals surface area contributed by atoms with Crippen molar-refractivity contribution in [1.82, 2.24) is 9.88 Å². The number of carbonyl (C=O) groups is 1. The maximum Gasteiger partial charge on any atom is 0.265 e. The number of rotatable bonds is 6. The van der Waals surface area contributed by atoms with Crippen LogP contribution in [0.5, 0.6) is 11.5 Å². The number of carbonyl (C=O) groups excluding carboxylic acids is 1. The van der Waals surface area contributed by atoms with Gasteiger partial charge in [-0.1, -0.05) is 23.5 Å². The summed E-state index contributed by atoms with van der Waals surface area (Å²) in [6, 6.07) is 11.5. The van der Waals surface area contributed by atoms with Crippen LogP contribution in [0, 0.1) is 0 Å². The van der Waals surface area contributed by atoms with Crippen LogP contribution >= 0.6 is 11.3 Å². The summed E-state index contributed by atoms with van der Waals surface area (Å²) in [5, 5.41) is 3.42. The number of morpholine rings is 1. The lowest BCUT2D eigenvalue weighted by atomic mass is 10.1. The van der Waals surface area contributed by atoms with Crippen LogP contribution in [0.4, 0.5) is 5.13 Å². The van der Waals surface area contributed by atoms with Crippen LogP contribution in [0.2, 0.25) is 0 Å². The van der Waals surface area contributed by atoms with Crippen molar-refractivity contribution in [3.63, 3.8) is 0 Å².